The summed E-state index contributed by atoms with van der Waals surface area (Å²) in [6.07, 6.45) is 2.75. The Morgan fingerprint density at radius 1 is 1.67 bits per heavy atom. The molecule has 4 nitrogen and oxygen atoms in total. The number of hydrogen-bond donors (Lipinski definition) is 1. The molecule has 2 fully saturated rings. The monoisotopic (exact) mass is 209 g/mol. The van der Waals surface area contributed by atoms with E-state index in [0.717, 1.165) is 26.1 Å². The Hall–Kier alpha value is -0.870. The Bertz CT molecular complexity index is 263. The SMILES string of the molecule is C=CCN1CCC(N(C)C2CNC2)C1=O. The Labute approximate surface area is 90.9 Å². The van der Waals surface area contributed by atoms with E-state index in [2.05, 4.69) is 23.8 Å². The molecule has 84 valence electrons. The second-order valence-electron chi connectivity index (χ2n) is 4.35. The fourth-order valence-corrected chi connectivity index (χ4v) is 2.25. The van der Waals surface area contributed by atoms with Crippen LogP contribution in [-0.4, -0.2) is 61.0 Å². The maximum Gasteiger partial charge on any atom is 0.240 e. The van der Waals surface area contributed by atoms with E-state index in [1.165, 1.54) is 0 Å². The van der Waals surface area contributed by atoms with Gasteiger partial charge in [0.25, 0.3) is 0 Å². The van der Waals surface area contributed by atoms with Gasteiger partial charge in [0, 0.05) is 32.2 Å². The minimum absolute atomic E-state index is 0.0945. The summed E-state index contributed by atoms with van der Waals surface area (Å²) in [7, 11) is 2.06. The lowest BCUT2D eigenvalue weighted by Gasteiger charge is -2.38. The zero-order valence-corrected chi connectivity index (χ0v) is 9.28. The van der Waals surface area contributed by atoms with Gasteiger partial charge in [0.2, 0.25) is 5.91 Å². The fourth-order valence-electron chi connectivity index (χ4n) is 2.25. The molecule has 1 N–H and O–H groups in total. The topological polar surface area (TPSA) is 35.6 Å². The van der Waals surface area contributed by atoms with Crippen molar-refractivity contribution in [2.45, 2.75) is 18.5 Å². The van der Waals surface area contributed by atoms with Gasteiger partial charge in [-0.1, -0.05) is 6.08 Å². The van der Waals surface area contributed by atoms with Crippen LogP contribution in [0.25, 0.3) is 0 Å². The zero-order chi connectivity index (χ0) is 10.8. The molecule has 1 amide bonds. The summed E-state index contributed by atoms with van der Waals surface area (Å²) in [6, 6.07) is 0.639. The maximum absolute atomic E-state index is 12.0. The highest BCUT2D eigenvalue weighted by Crippen LogP contribution is 2.19. The summed E-state index contributed by atoms with van der Waals surface area (Å²) in [6.45, 7) is 7.27. The number of carbonyl (C=O) groups is 1. The van der Waals surface area contributed by atoms with Crippen molar-refractivity contribution in [2.24, 2.45) is 0 Å². The van der Waals surface area contributed by atoms with Crippen LogP contribution >= 0.6 is 0 Å². The molecule has 15 heavy (non-hydrogen) atoms. The highest BCUT2D eigenvalue weighted by Gasteiger charge is 2.37. The van der Waals surface area contributed by atoms with Crippen LogP contribution < -0.4 is 5.32 Å². The number of hydrogen-bond acceptors (Lipinski definition) is 3. The van der Waals surface area contributed by atoms with Crippen LogP contribution in [0.5, 0.6) is 0 Å². The number of likely N-dealkylation sites (tertiary alicyclic amines) is 1. The molecule has 0 radical (unpaired) electrons. The minimum Gasteiger partial charge on any atom is -0.338 e. The van der Waals surface area contributed by atoms with Crippen molar-refractivity contribution < 1.29 is 4.79 Å². The van der Waals surface area contributed by atoms with Gasteiger partial charge in [0.15, 0.2) is 0 Å². The van der Waals surface area contributed by atoms with Crippen molar-refractivity contribution in [3.8, 4) is 0 Å². The second-order valence-corrected chi connectivity index (χ2v) is 4.35. The lowest BCUT2D eigenvalue weighted by Crippen LogP contribution is -2.59. The Morgan fingerprint density at radius 2 is 2.40 bits per heavy atom. The molecule has 0 aromatic carbocycles. The van der Waals surface area contributed by atoms with Crippen LogP contribution in [0.1, 0.15) is 6.42 Å². The van der Waals surface area contributed by atoms with Crippen LogP contribution in [-0.2, 0) is 4.79 Å². The van der Waals surface area contributed by atoms with E-state index in [4.69, 9.17) is 0 Å². The van der Waals surface area contributed by atoms with E-state index < -0.39 is 0 Å². The molecule has 0 saturated carbocycles. The fraction of sp³-hybridized carbons (Fsp3) is 0.727. The van der Waals surface area contributed by atoms with E-state index in [0.29, 0.717) is 12.6 Å². The molecule has 2 aliphatic rings. The van der Waals surface area contributed by atoms with Gasteiger partial charge in [0.1, 0.15) is 0 Å². The largest absolute Gasteiger partial charge is 0.338 e. The van der Waals surface area contributed by atoms with E-state index in [1.807, 2.05) is 4.90 Å². The summed E-state index contributed by atoms with van der Waals surface area (Å²) in [5.41, 5.74) is 0. The third-order valence-electron chi connectivity index (χ3n) is 3.45. The Morgan fingerprint density at radius 3 is 2.93 bits per heavy atom. The van der Waals surface area contributed by atoms with E-state index >= 15 is 0 Å². The molecule has 0 aliphatic carbocycles. The molecule has 1 unspecified atom stereocenters. The second kappa shape index (κ2) is 4.33. The van der Waals surface area contributed by atoms with Crippen LogP contribution in [0.4, 0.5) is 0 Å². The van der Waals surface area contributed by atoms with Gasteiger partial charge in [-0.25, -0.2) is 0 Å². The van der Waals surface area contributed by atoms with Gasteiger partial charge in [-0.15, -0.1) is 6.58 Å². The van der Waals surface area contributed by atoms with Crippen molar-refractivity contribution in [3.05, 3.63) is 12.7 Å². The molecule has 0 spiro atoms. The molecule has 2 heterocycles. The summed E-state index contributed by atoms with van der Waals surface area (Å²) >= 11 is 0. The van der Waals surface area contributed by atoms with E-state index in [-0.39, 0.29) is 11.9 Å². The van der Waals surface area contributed by atoms with Crippen molar-refractivity contribution in [2.75, 3.05) is 33.2 Å². The lowest BCUT2D eigenvalue weighted by molar-refractivity contribution is -0.132. The first-order chi connectivity index (χ1) is 7.24. The molecule has 0 aromatic rings. The van der Waals surface area contributed by atoms with Crippen LogP contribution in [0, 0.1) is 0 Å². The average Bonchev–Trinajstić information content (AvgIpc) is 2.46. The highest BCUT2D eigenvalue weighted by molar-refractivity contribution is 5.84. The molecular weight excluding hydrogens is 190 g/mol. The van der Waals surface area contributed by atoms with Crippen LogP contribution in [0.3, 0.4) is 0 Å². The molecule has 0 aromatic heterocycles. The van der Waals surface area contributed by atoms with Crippen LogP contribution in [0.2, 0.25) is 0 Å². The third kappa shape index (κ3) is 1.92. The first kappa shape index (κ1) is 10.6. The molecule has 1 atom stereocenters. The smallest absolute Gasteiger partial charge is 0.240 e. The highest BCUT2D eigenvalue weighted by atomic mass is 16.2. The first-order valence-corrected chi connectivity index (χ1v) is 5.56. The molecular formula is C11H19N3O. The average molecular weight is 209 g/mol. The summed E-state index contributed by atoms with van der Waals surface area (Å²) in [5, 5.41) is 3.23. The zero-order valence-electron chi connectivity index (χ0n) is 9.28. The maximum atomic E-state index is 12.0. The predicted molar refractivity (Wildman–Crippen MR) is 59.6 cm³/mol. The van der Waals surface area contributed by atoms with Gasteiger partial charge in [-0.3, -0.25) is 9.69 Å². The van der Waals surface area contributed by atoms with Crippen molar-refractivity contribution in [1.29, 1.82) is 0 Å². The standard InChI is InChI=1S/C11H19N3O/c1-3-5-14-6-4-10(11(14)15)13(2)9-7-12-8-9/h3,9-10,12H,1,4-8H2,2H3. The van der Waals surface area contributed by atoms with E-state index in [9.17, 15) is 4.79 Å². The van der Waals surface area contributed by atoms with Gasteiger partial charge in [0.05, 0.1) is 6.04 Å². The molecule has 2 aliphatic heterocycles. The molecule has 0 bridgehead atoms. The number of rotatable bonds is 4. The van der Waals surface area contributed by atoms with E-state index in [1.54, 1.807) is 6.08 Å². The van der Waals surface area contributed by atoms with Gasteiger partial charge in [-0.05, 0) is 13.5 Å². The number of carbonyl (C=O) groups excluding carboxylic acids is 1. The van der Waals surface area contributed by atoms with Crippen molar-refractivity contribution in [1.82, 2.24) is 15.1 Å². The van der Waals surface area contributed by atoms with Gasteiger partial charge < -0.3 is 10.2 Å². The quantitative estimate of drug-likeness (QED) is 0.644. The Balaban J connectivity index is 1.93. The van der Waals surface area contributed by atoms with Gasteiger partial charge >= 0.3 is 0 Å². The Kier molecular flexibility index (Phi) is 3.07. The number of amides is 1. The predicted octanol–water partition coefficient (Wildman–Crippen LogP) is -0.323. The number of nitrogens with one attached hydrogen (secondary N) is 1. The van der Waals surface area contributed by atoms with Gasteiger partial charge in [-0.2, -0.15) is 0 Å². The first-order valence-electron chi connectivity index (χ1n) is 5.56. The summed E-state index contributed by atoms with van der Waals surface area (Å²) in [5.74, 6) is 0.268. The normalized spacial score (nSPS) is 27.2. The molecule has 2 saturated heterocycles. The van der Waals surface area contributed by atoms with Crippen molar-refractivity contribution in [3.63, 3.8) is 0 Å². The summed E-state index contributed by atoms with van der Waals surface area (Å²) < 4.78 is 0. The van der Waals surface area contributed by atoms with Crippen molar-refractivity contribution >= 4 is 5.91 Å². The lowest BCUT2D eigenvalue weighted by atomic mass is 10.1. The molecule has 2 rings (SSSR count). The minimum atomic E-state index is 0.0945. The van der Waals surface area contributed by atoms with Crippen LogP contribution in [0.15, 0.2) is 12.7 Å². The number of likely N-dealkylation sites (N-methyl/N-ethyl adjacent to an activating group) is 1. The summed E-state index contributed by atoms with van der Waals surface area (Å²) in [4.78, 5) is 16.1. The number of nitrogens with zero attached hydrogens (tertiary/aromatic N) is 2. The molecule has 4 heteroatoms. The third-order valence-corrected chi connectivity index (χ3v) is 3.45.